The van der Waals surface area contributed by atoms with E-state index in [0.717, 1.165) is 18.4 Å². The van der Waals surface area contributed by atoms with Gasteiger partial charge in [-0.1, -0.05) is 60.2 Å². The topological polar surface area (TPSA) is 17.1 Å². The van der Waals surface area contributed by atoms with Crippen LogP contribution >= 0.6 is 0 Å². The largest absolute Gasteiger partial charge is 0.294 e. The van der Waals surface area contributed by atoms with E-state index >= 15 is 0 Å². The molecule has 27 heavy (non-hydrogen) atoms. The lowest BCUT2D eigenvalue weighted by Gasteiger charge is -2.41. The number of allylic oxidation sites excluding steroid dienone is 2. The second-order valence-electron chi connectivity index (χ2n) is 8.55. The molecular weight excluding hydrogens is 328 g/mol. The molecule has 3 aromatic rings. The van der Waals surface area contributed by atoms with Crippen molar-refractivity contribution in [1.29, 1.82) is 0 Å². The summed E-state index contributed by atoms with van der Waals surface area (Å²) >= 11 is 0. The number of rotatable bonds is 1. The average molecular weight is 350 g/mol. The molecule has 1 fully saturated rings. The summed E-state index contributed by atoms with van der Waals surface area (Å²) in [4.78, 5) is 12.8. The third-order valence-electron chi connectivity index (χ3n) is 7.26. The molecule has 2 bridgehead atoms. The van der Waals surface area contributed by atoms with Crippen LogP contribution in [0.3, 0.4) is 0 Å². The fraction of sp³-hybridized carbons (Fsp3) is 0.269. The number of Topliss-reactive ketones (excluding diaryl/α,β-unsaturated/α-hetero) is 1. The number of carbonyl (C=O) groups is 1. The van der Waals surface area contributed by atoms with Crippen molar-refractivity contribution in [3.8, 4) is 11.1 Å². The number of hydrogen-bond donors (Lipinski definition) is 0. The molecule has 0 aliphatic heterocycles. The zero-order valence-corrected chi connectivity index (χ0v) is 15.4. The Morgan fingerprint density at radius 3 is 2.59 bits per heavy atom. The van der Waals surface area contributed by atoms with Gasteiger partial charge >= 0.3 is 0 Å². The summed E-state index contributed by atoms with van der Waals surface area (Å²) in [5.74, 6) is 1.03. The van der Waals surface area contributed by atoms with E-state index in [1.807, 2.05) is 0 Å². The van der Waals surface area contributed by atoms with Crippen molar-refractivity contribution >= 4 is 16.6 Å². The molecule has 0 saturated heterocycles. The van der Waals surface area contributed by atoms with Gasteiger partial charge in [0.1, 0.15) is 0 Å². The molecule has 0 N–H and O–H groups in total. The molecule has 3 aliphatic carbocycles. The third-order valence-corrected chi connectivity index (χ3v) is 7.26. The lowest BCUT2D eigenvalue weighted by molar-refractivity contribution is 0.0940. The smallest absolute Gasteiger partial charge is 0.163 e. The summed E-state index contributed by atoms with van der Waals surface area (Å²) in [7, 11) is 0. The van der Waals surface area contributed by atoms with Crippen molar-refractivity contribution < 1.29 is 4.79 Å². The van der Waals surface area contributed by atoms with E-state index in [-0.39, 0.29) is 5.41 Å². The van der Waals surface area contributed by atoms with E-state index in [9.17, 15) is 4.79 Å². The predicted octanol–water partition coefficient (Wildman–Crippen LogP) is 6.46. The molecule has 0 aromatic heterocycles. The summed E-state index contributed by atoms with van der Waals surface area (Å²) in [5, 5.41) is 2.47. The van der Waals surface area contributed by atoms with Crippen LogP contribution in [0.25, 0.3) is 21.9 Å². The molecule has 0 amide bonds. The Bertz CT molecular complexity index is 1120. The molecule has 132 valence electrons. The van der Waals surface area contributed by atoms with Crippen molar-refractivity contribution in [3.05, 3.63) is 83.4 Å². The van der Waals surface area contributed by atoms with Crippen molar-refractivity contribution in [1.82, 2.24) is 0 Å². The van der Waals surface area contributed by atoms with Gasteiger partial charge in [0.05, 0.1) is 0 Å². The van der Waals surface area contributed by atoms with E-state index < -0.39 is 0 Å². The first-order chi connectivity index (χ1) is 13.2. The van der Waals surface area contributed by atoms with Gasteiger partial charge < -0.3 is 0 Å². The number of carbonyl (C=O) groups excluding carboxylic acids is 1. The summed E-state index contributed by atoms with van der Waals surface area (Å²) in [6.07, 6.45) is 7.78. The Morgan fingerprint density at radius 1 is 0.926 bits per heavy atom. The second kappa shape index (κ2) is 5.42. The third kappa shape index (κ3) is 2.09. The summed E-state index contributed by atoms with van der Waals surface area (Å²) < 4.78 is 0. The van der Waals surface area contributed by atoms with Crippen molar-refractivity contribution in [3.63, 3.8) is 0 Å². The monoisotopic (exact) mass is 350 g/mol. The lowest BCUT2D eigenvalue weighted by atomic mass is 9.62. The van der Waals surface area contributed by atoms with Gasteiger partial charge in [0.25, 0.3) is 0 Å². The average Bonchev–Trinajstić information content (AvgIpc) is 3.32. The van der Waals surface area contributed by atoms with E-state index in [1.165, 1.54) is 40.3 Å². The van der Waals surface area contributed by atoms with Gasteiger partial charge in [0, 0.05) is 17.4 Å². The molecular formula is C26H22O. The molecule has 3 aromatic carbocycles. The summed E-state index contributed by atoms with van der Waals surface area (Å²) in [6, 6.07) is 21.7. The maximum Gasteiger partial charge on any atom is 0.163 e. The van der Waals surface area contributed by atoms with E-state index in [4.69, 9.17) is 0 Å². The van der Waals surface area contributed by atoms with Crippen molar-refractivity contribution in [2.24, 2.45) is 5.92 Å². The van der Waals surface area contributed by atoms with Crippen LogP contribution in [0.4, 0.5) is 0 Å². The van der Waals surface area contributed by atoms with Gasteiger partial charge in [-0.25, -0.2) is 0 Å². The van der Waals surface area contributed by atoms with Crippen LogP contribution in [0.2, 0.25) is 0 Å². The number of benzene rings is 3. The number of hydrogen-bond acceptors (Lipinski definition) is 1. The van der Waals surface area contributed by atoms with Crippen LogP contribution in [-0.4, -0.2) is 5.78 Å². The first-order valence-electron chi connectivity index (χ1n) is 10.1. The highest BCUT2D eigenvalue weighted by Crippen LogP contribution is 2.59. The van der Waals surface area contributed by atoms with E-state index in [0.29, 0.717) is 18.1 Å². The molecule has 0 heterocycles. The molecule has 0 radical (unpaired) electrons. The molecule has 2 atom stereocenters. The minimum Gasteiger partial charge on any atom is -0.294 e. The highest BCUT2D eigenvalue weighted by molar-refractivity contribution is 6.06. The number of fused-ring (bicyclic) bond motifs is 6. The Labute approximate surface area is 159 Å². The minimum absolute atomic E-state index is 0.200. The first kappa shape index (κ1) is 15.4. The van der Waals surface area contributed by atoms with E-state index in [2.05, 4.69) is 66.7 Å². The van der Waals surface area contributed by atoms with Crippen LogP contribution in [-0.2, 0) is 5.41 Å². The predicted molar refractivity (Wildman–Crippen MR) is 110 cm³/mol. The van der Waals surface area contributed by atoms with E-state index in [1.54, 1.807) is 5.57 Å². The first-order valence-corrected chi connectivity index (χ1v) is 10.1. The Kier molecular flexibility index (Phi) is 3.09. The molecule has 1 saturated carbocycles. The van der Waals surface area contributed by atoms with Gasteiger partial charge in [0.2, 0.25) is 0 Å². The van der Waals surface area contributed by atoms with Crippen LogP contribution in [0.1, 0.15) is 48.0 Å². The normalized spacial score (nSPS) is 25.9. The highest BCUT2D eigenvalue weighted by Gasteiger charge is 2.51. The Hall–Kier alpha value is -2.67. The van der Waals surface area contributed by atoms with Gasteiger partial charge in [-0.15, -0.1) is 0 Å². The quantitative estimate of drug-likeness (QED) is 0.460. The van der Waals surface area contributed by atoms with Gasteiger partial charge in [-0.3, -0.25) is 4.79 Å². The van der Waals surface area contributed by atoms with Gasteiger partial charge in [-0.05, 0) is 71.2 Å². The Morgan fingerprint density at radius 2 is 1.81 bits per heavy atom. The van der Waals surface area contributed by atoms with Crippen molar-refractivity contribution in [2.75, 3.05) is 0 Å². The minimum atomic E-state index is 0.200. The van der Waals surface area contributed by atoms with Crippen LogP contribution < -0.4 is 0 Å². The fourth-order valence-corrected chi connectivity index (χ4v) is 5.96. The SMILES string of the molecule is O=C1CCC2(CC3=CCC2C3)c2cc3c(-c4ccccc4)cccc3cc21. The van der Waals surface area contributed by atoms with Crippen LogP contribution in [0.15, 0.2) is 72.3 Å². The molecule has 6 rings (SSSR count). The zero-order valence-electron chi connectivity index (χ0n) is 15.4. The summed E-state index contributed by atoms with van der Waals surface area (Å²) in [5.41, 5.74) is 6.67. The molecule has 1 spiro atoms. The zero-order chi connectivity index (χ0) is 18.0. The molecule has 2 unspecified atom stereocenters. The second-order valence-corrected chi connectivity index (χ2v) is 8.55. The summed E-state index contributed by atoms with van der Waals surface area (Å²) in [6.45, 7) is 0. The lowest BCUT2D eigenvalue weighted by Crippen LogP contribution is -2.37. The molecule has 1 nitrogen and oxygen atoms in total. The van der Waals surface area contributed by atoms with Gasteiger partial charge in [0.15, 0.2) is 5.78 Å². The maximum absolute atomic E-state index is 12.8. The number of ketones is 1. The van der Waals surface area contributed by atoms with Crippen LogP contribution in [0.5, 0.6) is 0 Å². The molecule has 1 heteroatoms. The van der Waals surface area contributed by atoms with Gasteiger partial charge in [-0.2, -0.15) is 0 Å². The standard InChI is InChI=1S/C26H22O/c27-25-11-12-26(16-17-9-10-20(26)13-17)24-15-22-19(14-23(24)25)7-4-8-21(22)18-5-2-1-3-6-18/h1-9,14-15,20H,10-13,16H2. The fourth-order valence-electron chi connectivity index (χ4n) is 5.96. The Balaban J connectivity index is 1.64. The molecule has 3 aliphatic rings. The van der Waals surface area contributed by atoms with Crippen molar-refractivity contribution in [2.45, 2.75) is 37.5 Å². The van der Waals surface area contributed by atoms with Crippen LogP contribution in [0, 0.1) is 5.92 Å². The maximum atomic E-state index is 12.8. The highest BCUT2D eigenvalue weighted by atomic mass is 16.1.